The van der Waals surface area contributed by atoms with Gasteiger partial charge in [0, 0.05) is 0 Å². The van der Waals surface area contributed by atoms with Crippen molar-refractivity contribution >= 4 is 41.0 Å². The first-order valence-electron chi connectivity index (χ1n) is 2.82. The molecular formula is C5H12ClNSSe. The van der Waals surface area contributed by atoms with Crippen molar-refractivity contribution in [2.45, 2.75) is 28.9 Å². The van der Waals surface area contributed by atoms with Gasteiger partial charge in [0.25, 0.3) is 0 Å². The molecule has 9 heavy (non-hydrogen) atoms. The summed E-state index contributed by atoms with van der Waals surface area (Å²) in [5.41, 5.74) is 5.66. The topological polar surface area (TPSA) is 26.0 Å². The summed E-state index contributed by atoms with van der Waals surface area (Å²) in [6.07, 6.45) is 2.22. The number of thiol groups is 1. The van der Waals surface area contributed by atoms with Crippen LogP contribution in [0.1, 0.15) is 12.8 Å². The van der Waals surface area contributed by atoms with Crippen LogP contribution in [0.4, 0.5) is 0 Å². The Bertz CT molecular complexity index is 83.0. The van der Waals surface area contributed by atoms with Crippen LogP contribution in [0, 0.1) is 0 Å². The number of nitrogens with two attached hydrogens (primary N) is 1. The van der Waals surface area contributed by atoms with E-state index in [4.69, 9.17) is 5.73 Å². The maximum absolute atomic E-state index is 5.66. The van der Waals surface area contributed by atoms with Crippen molar-refractivity contribution < 1.29 is 0 Å². The molecule has 1 fully saturated rings. The number of rotatable bonds is 0. The molecule has 1 aliphatic rings. The molecule has 56 valence electrons. The van der Waals surface area contributed by atoms with Gasteiger partial charge in [-0.25, -0.2) is 0 Å². The van der Waals surface area contributed by atoms with Gasteiger partial charge in [-0.3, -0.25) is 0 Å². The van der Waals surface area contributed by atoms with Gasteiger partial charge in [-0.05, 0) is 0 Å². The summed E-state index contributed by atoms with van der Waals surface area (Å²) < 4.78 is 0. The third-order valence-electron chi connectivity index (χ3n) is 1.53. The standard InChI is InChI=1S/C5H11NSSe.ClH/c6-3-1-4(7)5(8)2-3;/h3-5,7-8H,1-2,6H2;1H. The van der Waals surface area contributed by atoms with Gasteiger partial charge in [-0.15, -0.1) is 12.4 Å². The quantitative estimate of drug-likeness (QED) is 0.462. The predicted molar refractivity (Wildman–Crippen MR) is 48.1 cm³/mol. The number of halogens is 1. The second-order valence-electron chi connectivity index (χ2n) is 2.37. The summed E-state index contributed by atoms with van der Waals surface area (Å²) in [6.45, 7) is 0. The van der Waals surface area contributed by atoms with E-state index in [1.807, 2.05) is 0 Å². The van der Waals surface area contributed by atoms with Gasteiger partial charge in [0.05, 0.1) is 0 Å². The molecule has 0 aromatic rings. The van der Waals surface area contributed by atoms with Crippen LogP contribution in [0.5, 0.6) is 0 Å². The van der Waals surface area contributed by atoms with E-state index in [0.29, 0.717) is 16.1 Å². The molecule has 1 nitrogen and oxygen atoms in total. The molecule has 1 aliphatic carbocycles. The summed E-state index contributed by atoms with van der Waals surface area (Å²) in [6, 6.07) is 0.408. The molecule has 3 unspecified atom stereocenters. The number of hydrogen-bond donors (Lipinski definition) is 2. The van der Waals surface area contributed by atoms with Gasteiger partial charge < -0.3 is 0 Å². The van der Waals surface area contributed by atoms with Crippen LogP contribution in [-0.4, -0.2) is 27.3 Å². The third kappa shape index (κ3) is 2.69. The molecule has 0 amide bonds. The fourth-order valence-electron chi connectivity index (χ4n) is 1.03. The second kappa shape index (κ2) is 4.09. The van der Waals surface area contributed by atoms with E-state index in [-0.39, 0.29) is 12.4 Å². The molecule has 4 heteroatoms. The molecule has 0 saturated heterocycles. The first-order valence-corrected chi connectivity index (χ1v) is 4.42. The zero-order valence-corrected chi connectivity index (χ0v) is 8.61. The molecule has 3 atom stereocenters. The Labute approximate surface area is 75.8 Å². The van der Waals surface area contributed by atoms with Gasteiger partial charge in [-0.2, -0.15) is 0 Å². The first kappa shape index (κ1) is 10.1. The average Bonchev–Trinajstić information content (AvgIpc) is 1.85. The maximum atomic E-state index is 5.66. The van der Waals surface area contributed by atoms with E-state index >= 15 is 0 Å². The molecule has 0 aromatic heterocycles. The molecule has 0 radical (unpaired) electrons. The van der Waals surface area contributed by atoms with Crippen LogP contribution < -0.4 is 5.73 Å². The average molecular weight is 233 g/mol. The molecule has 1 rings (SSSR count). The monoisotopic (exact) mass is 233 g/mol. The van der Waals surface area contributed by atoms with Crippen LogP contribution in [0.25, 0.3) is 0 Å². The zero-order chi connectivity index (χ0) is 6.15. The van der Waals surface area contributed by atoms with E-state index in [9.17, 15) is 0 Å². The predicted octanol–water partition coefficient (Wildman–Crippen LogP) is 0.517. The van der Waals surface area contributed by atoms with E-state index in [2.05, 4.69) is 28.6 Å². The Hall–Kier alpha value is 1.12. The molecular weight excluding hydrogens is 221 g/mol. The van der Waals surface area contributed by atoms with Gasteiger partial charge >= 0.3 is 63.3 Å². The molecule has 2 N–H and O–H groups in total. The first-order chi connectivity index (χ1) is 3.70. The Morgan fingerprint density at radius 1 is 1.44 bits per heavy atom. The van der Waals surface area contributed by atoms with Crippen LogP contribution >= 0.6 is 25.0 Å². The minimum atomic E-state index is 0. The third-order valence-corrected chi connectivity index (χ3v) is 3.81. The van der Waals surface area contributed by atoms with Crippen LogP contribution in [0.3, 0.4) is 0 Å². The molecule has 0 spiro atoms. The van der Waals surface area contributed by atoms with Gasteiger partial charge in [0.15, 0.2) is 0 Å². The van der Waals surface area contributed by atoms with Gasteiger partial charge in [-0.1, -0.05) is 0 Å². The van der Waals surface area contributed by atoms with Crippen LogP contribution in [0.15, 0.2) is 0 Å². The second-order valence-corrected chi connectivity index (χ2v) is 4.42. The SMILES string of the molecule is Cl.NC1CC(S)C([SeH])C1. The van der Waals surface area contributed by atoms with Crippen LogP contribution in [0.2, 0.25) is 4.82 Å². The van der Waals surface area contributed by atoms with Crippen molar-refractivity contribution in [3.63, 3.8) is 0 Å². The molecule has 0 bridgehead atoms. The summed E-state index contributed by atoms with van der Waals surface area (Å²) in [7, 11) is 0. The molecule has 0 aromatic carbocycles. The van der Waals surface area contributed by atoms with Crippen molar-refractivity contribution in [2.24, 2.45) is 5.73 Å². The Kier molecular flexibility index (Phi) is 4.60. The molecule has 0 aliphatic heterocycles. The minimum absolute atomic E-state index is 0. The summed E-state index contributed by atoms with van der Waals surface area (Å²) in [5.74, 6) is 0. The Morgan fingerprint density at radius 3 is 2.11 bits per heavy atom. The van der Waals surface area contributed by atoms with E-state index in [1.165, 1.54) is 0 Å². The summed E-state index contributed by atoms with van der Waals surface area (Å²) >= 11 is 6.99. The molecule has 0 heterocycles. The summed E-state index contributed by atoms with van der Waals surface area (Å²) in [4.78, 5) is 0.667. The van der Waals surface area contributed by atoms with Crippen molar-refractivity contribution in [1.82, 2.24) is 0 Å². The normalized spacial score (nSPS) is 42.3. The van der Waals surface area contributed by atoms with E-state index in [1.54, 1.807) is 0 Å². The van der Waals surface area contributed by atoms with E-state index in [0.717, 1.165) is 12.8 Å². The number of hydrogen-bond acceptors (Lipinski definition) is 2. The van der Waals surface area contributed by atoms with Crippen LogP contribution in [-0.2, 0) is 0 Å². The van der Waals surface area contributed by atoms with E-state index < -0.39 is 0 Å². The summed E-state index contributed by atoms with van der Waals surface area (Å²) in [5, 5.41) is 0.532. The fourth-order valence-corrected chi connectivity index (χ4v) is 2.25. The van der Waals surface area contributed by atoms with Crippen molar-refractivity contribution in [3.05, 3.63) is 0 Å². The van der Waals surface area contributed by atoms with Crippen molar-refractivity contribution in [3.8, 4) is 0 Å². The Morgan fingerprint density at radius 2 is 2.00 bits per heavy atom. The van der Waals surface area contributed by atoms with Gasteiger partial charge in [0.2, 0.25) is 0 Å². The van der Waals surface area contributed by atoms with Crippen molar-refractivity contribution in [1.29, 1.82) is 0 Å². The molecule has 1 saturated carbocycles. The van der Waals surface area contributed by atoms with Gasteiger partial charge in [0.1, 0.15) is 0 Å². The van der Waals surface area contributed by atoms with Crippen molar-refractivity contribution in [2.75, 3.05) is 0 Å². The fraction of sp³-hybridized carbons (Fsp3) is 1.00. The Balaban J connectivity index is 0.000000640. The zero-order valence-electron chi connectivity index (χ0n) is 5.03.